The molecule has 1 atom stereocenters. The van der Waals surface area contributed by atoms with E-state index in [9.17, 15) is 17.6 Å². The number of sulfonamides is 1. The fourth-order valence-electron chi connectivity index (χ4n) is 2.60. The number of halogens is 2. The molecule has 4 nitrogen and oxygen atoms in total. The van der Waals surface area contributed by atoms with Crippen LogP contribution in [0.2, 0.25) is 5.02 Å². The van der Waals surface area contributed by atoms with Crippen molar-refractivity contribution in [2.24, 2.45) is 0 Å². The van der Waals surface area contributed by atoms with Crippen molar-refractivity contribution in [2.45, 2.75) is 17.2 Å². The first-order valence-corrected chi connectivity index (χ1v) is 8.76. The number of benzene rings is 2. The van der Waals surface area contributed by atoms with E-state index in [1.807, 2.05) is 0 Å². The molecule has 0 aliphatic carbocycles. The zero-order valence-corrected chi connectivity index (χ0v) is 13.5. The maximum atomic E-state index is 13.0. The zero-order chi connectivity index (χ0) is 16.6. The largest absolute Gasteiger partial charge is 0.274 e. The minimum Gasteiger partial charge on any atom is -0.274 e. The highest BCUT2D eigenvalue weighted by Crippen LogP contribution is 2.32. The summed E-state index contributed by atoms with van der Waals surface area (Å²) in [4.78, 5) is 12.1. The summed E-state index contributed by atoms with van der Waals surface area (Å²) in [5.74, 6) is -1.21. The van der Waals surface area contributed by atoms with Gasteiger partial charge in [0.25, 0.3) is 10.0 Å². The number of rotatable bonds is 3. The summed E-state index contributed by atoms with van der Waals surface area (Å²) in [5.41, 5.74) is 0.861. The van der Waals surface area contributed by atoms with Crippen molar-refractivity contribution in [3.63, 3.8) is 0 Å². The molecular formula is C16H13ClFNO3S. The standard InChI is InChI=1S/C16H13ClFNO3S/c17-13-3-1-11(2-4-13)12-9-16(20)19(10-12)23(21,22)15-7-5-14(18)6-8-15/h1-8,12H,9-10H2/t12-/m1/s1. The van der Waals surface area contributed by atoms with Crippen molar-refractivity contribution < 1.29 is 17.6 Å². The molecule has 3 rings (SSSR count). The second kappa shape index (κ2) is 5.94. The van der Waals surface area contributed by atoms with Gasteiger partial charge in [0.1, 0.15) is 5.82 Å². The molecule has 2 aromatic rings. The lowest BCUT2D eigenvalue weighted by Gasteiger charge is -2.17. The van der Waals surface area contributed by atoms with E-state index in [2.05, 4.69) is 0 Å². The van der Waals surface area contributed by atoms with Crippen molar-refractivity contribution in [3.8, 4) is 0 Å². The van der Waals surface area contributed by atoms with Gasteiger partial charge in [-0.2, -0.15) is 0 Å². The van der Waals surface area contributed by atoms with Crippen LogP contribution in [0.15, 0.2) is 53.4 Å². The molecule has 0 bridgehead atoms. The van der Waals surface area contributed by atoms with Gasteiger partial charge in [0, 0.05) is 23.9 Å². The maximum Gasteiger partial charge on any atom is 0.266 e. The van der Waals surface area contributed by atoms with Gasteiger partial charge in [-0.15, -0.1) is 0 Å². The summed E-state index contributed by atoms with van der Waals surface area (Å²) in [6, 6.07) is 11.4. The summed E-state index contributed by atoms with van der Waals surface area (Å²) in [5, 5.41) is 0.578. The first-order chi connectivity index (χ1) is 10.9. The van der Waals surface area contributed by atoms with Crippen LogP contribution in [-0.4, -0.2) is 25.2 Å². The molecule has 0 radical (unpaired) electrons. The molecule has 1 fully saturated rings. The summed E-state index contributed by atoms with van der Waals surface area (Å²) in [7, 11) is -3.96. The zero-order valence-electron chi connectivity index (χ0n) is 11.9. The van der Waals surface area contributed by atoms with Crippen LogP contribution in [0.3, 0.4) is 0 Å². The summed E-state index contributed by atoms with van der Waals surface area (Å²) < 4.78 is 38.9. The Morgan fingerprint density at radius 2 is 1.65 bits per heavy atom. The maximum absolute atomic E-state index is 13.0. The average molecular weight is 354 g/mol. The Bertz CT molecular complexity index is 835. The number of carbonyl (C=O) groups is 1. The highest BCUT2D eigenvalue weighted by atomic mass is 35.5. The monoisotopic (exact) mass is 353 g/mol. The molecule has 7 heteroatoms. The molecule has 0 N–H and O–H groups in total. The quantitative estimate of drug-likeness (QED) is 0.851. The van der Waals surface area contributed by atoms with E-state index in [-0.39, 0.29) is 23.8 Å². The van der Waals surface area contributed by atoms with E-state index >= 15 is 0 Å². The van der Waals surface area contributed by atoms with Crippen LogP contribution in [-0.2, 0) is 14.8 Å². The van der Waals surface area contributed by atoms with Gasteiger partial charge in [-0.25, -0.2) is 17.1 Å². The van der Waals surface area contributed by atoms with Crippen molar-refractivity contribution in [3.05, 3.63) is 64.9 Å². The fourth-order valence-corrected chi connectivity index (χ4v) is 4.18. The van der Waals surface area contributed by atoms with Crippen LogP contribution in [0.25, 0.3) is 0 Å². The lowest BCUT2D eigenvalue weighted by atomic mass is 9.99. The molecule has 23 heavy (non-hydrogen) atoms. The van der Waals surface area contributed by atoms with E-state index in [0.29, 0.717) is 5.02 Å². The third-order valence-corrected chi connectivity index (χ3v) is 5.88. The Balaban J connectivity index is 1.87. The first kappa shape index (κ1) is 16.0. The molecule has 1 saturated heterocycles. The molecular weight excluding hydrogens is 341 g/mol. The Labute approximate surface area is 138 Å². The van der Waals surface area contributed by atoms with E-state index in [0.717, 1.165) is 34.1 Å². The van der Waals surface area contributed by atoms with Crippen LogP contribution in [0.4, 0.5) is 4.39 Å². The average Bonchev–Trinajstić information content (AvgIpc) is 2.91. The molecule has 1 amide bonds. The van der Waals surface area contributed by atoms with Gasteiger partial charge in [0.15, 0.2) is 0 Å². The number of carbonyl (C=O) groups excluding carboxylic acids is 1. The van der Waals surface area contributed by atoms with Gasteiger partial charge < -0.3 is 0 Å². The smallest absolute Gasteiger partial charge is 0.266 e. The van der Waals surface area contributed by atoms with E-state index in [1.165, 1.54) is 0 Å². The van der Waals surface area contributed by atoms with Gasteiger partial charge >= 0.3 is 0 Å². The summed E-state index contributed by atoms with van der Waals surface area (Å²) in [6.45, 7) is 0.0696. The molecule has 0 saturated carbocycles. The van der Waals surface area contributed by atoms with Gasteiger partial charge in [-0.05, 0) is 42.0 Å². The van der Waals surface area contributed by atoms with Crippen molar-refractivity contribution >= 4 is 27.5 Å². The van der Waals surface area contributed by atoms with Gasteiger partial charge in [-0.1, -0.05) is 23.7 Å². The number of amides is 1. The van der Waals surface area contributed by atoms with Crippen molar-refractivity contribution in [2.75, 3.05) is 6.54 Å². The summed E-state index contributed by atoms with van der Waals surface area (Å²) >= 11 is 5.84. The van der Waals surface area contributed by atoms with Gasteiger partial charge in [0.2, 0.25) is 5.91 Å². The molecule has 120 valence electrons. The van der Waals surface area contributed by atoms with Crippen LogP contribution < -0.4 is 0 Å². The molecule has 0 spiro atoms. The number of hydrogen-bond donors (Lipinski definition) is 0. The fraction of sp³-hybridized carbons (Fsp3) is 0.188. The lowest BCUT2D eigenvalue weighted by Crippen LogP contribution is -2.32. The Morgan fingerprint density at radius 1 is 1.04 bits per heavy atom. The first-order valence-electron chi connectivity index (χ1n) is 6.94. The van der Waals surface area contributed by atoms with Crippen LogP contribution >= 0.6 is 11.6 Å². The number of hydrogen-bond acceptors (Lipinski definition) is 3. The normalized spacial score (nSPS) is 18.4. The van der Waals surface area contributed by atoms with Crippen molar-refractivity contribution in [1.82, 2.24) is 4.31 Å². The highest BCUT2D eigenvalue weighted by molar-refractivity contribution is 7.89. The Morgan fingerprint density at radius 3 is 2.26 bits per heavy atom. The lowest BCUT2D eigenvalue weighted by molar-refractivity contribution is -0.123. The molecule has 1 aliphatic heterocycles. The van der Waals surface area contributed by atoms with E-state index < -0.39 is 21.7 Å². The Hall–Kier alpha value is -1.92. The summed E-state index contributed by atoms with van der Waals surface area (Å²) in [6.07, 6.45) is 0.113. The second-order valence-electron chi connectivity index (χ2n) is 5.34. The Kier molecular flexibility index (Phi) is 4.12. The predicted molar refractivity (Wildman–Crippen MR) is 84.1 cm³/mol. The second-order valence-corrected chi connectivity index (χ2v) is 7.64. The molecule has 0 unspecified atom stereocenters. The molecule has 2 aromatic carbocycles. The molecule has 1 heterocycles. The predicted octanol–water partition coefficient (Wildman–Crippen LogP) is 3.18. The third kappa shape index (κ3) is 3.09. The van der Waals surface area contributed by atoms with E-state index in [4.69, 9.17) is 11.6 Å². The van der Waals surface area contributed by atoms with Crippen LogP contribution in [0.5, 0.6) is 0 Å². The number of nitrogens with zero attached hydrogens (tertiary/aromatic N) is 1. The minimum absolute atomic E-state index is 0.0696. The SMILES string of the molecule is O=C1C[C@@H](c2ccc(Cl)cc2)CN1S(=O)(=O)c1ccc(F)cc1. The third-order valence-electron chi connectivity index (χ3n) is 3.83. The molecule has 0 aromatic heterocycles. The van der Waals surface area contributed by atoms with Gasteiger partial charge in [0.05, 0.1) is 4.90 Å². The topological polar surface area (TPSA) is 54.5 Å². The minimum atomic E-state index is -3.96. The van der Waals surface area contributed by atoms with Gasteiger partial charge in [-0.3, -0.25) is 4.79 Å². The molecule has 1 aliphatic rings. The highest BCUT2D eigenvalue weighted by Gasteiger charge is 2.38. The van der Waals surface area contributed by atoms with Crippen LogP contribution in [0.1, 0.15) is 17.9 Å². The van der Waals surface area contributed by atoms with E-state index in [1.54, 1.807) is 24.3 Å². The van der Waals surface area contributed by atoms with Crippen LogP contribution in [0, 0.1) is 5.82 Å². The van der Waals surface area contributed by atoms with Crippen molar-refractivity contribution in [1.29, 1.82) is 0 Å².